The molecular formula is C16H14ClF2NO2. The number of halogens is 3. The lowest BCUT2D eigenvalue weighted by Crippen LogP contribution is -2.14. The lowest BCUT2D eigenvalue weighted by atomic mass is 10.2. The number of carbonyl (C=O) groups excluding carboxylic acids is 1. The molecule has 6 heteroatoms. The van der Waals surface area contributed by atoms with Crippen molar-refractivity contribution in [3.8, 4) is 5.75 Å². The quantitative estimate of drug-likeness (QED) is 0.812. The van der Waals surface area contributed by atoms with Gasteiger partial charge in [-0.05, 0) is 30.7 Å². The summed E-state index contributed by atoms with van der Waals surface area (Å²) in [5.74, 6) is -2.38. The number of anilines is 1. The Labute approximate surface area is 131 Å². The molecule has 0 atom stereocenters. The minimum Gasteiger partial charge on any atom is -0.491 e. The number of carbonyl (C=O) groups is 1. The van der Waals surface area contributed by atoms with Crippen molar-refractivity contribution in [2.24, 2.45) is 0 Å². The molecule has 0 radical (unpaired) electrons. The third kappa shape index (κ3) is 3.74. The van der Waals surface area contributed by atoms with Gasteiger partial charge in [0.05, 0.1) is 22.9 Å². The Balaban J connectivity index is 2.24. The Bertz CT molecular complexity index is 692. The number of rotatable bonds is 5. The maximum Gasteiger partial charge on any atom is 0.257 e. The van der Waals surface area contributed by atoms with Crippen LogP contribution in [-0.4, -0.2) is 12.5 Å². The van der Waals surface area contributed by atoms with E-state index < -0.39 is 17.5 Å². The topological polar surface area (TPSA) is 38.3 Å². The zero-order chi connectivity index (χ0) is 16.1. The van der Waals surface area contributed by atoms with Crippen LogP contribution >= 0.6 is 11.6 Å². The van der Waals surface area contributed by atoms with Crippen LogP contribution in [0.25, 0.3) is 0 Å². The minimum absolute atomic E-state index is 0.147. The van der Waals surface area contributed by atoms with Crippen molar-refractivity contribution >= 4 is 23.2 Å². The van der Waals surface area contributed by atoms with Gasteiger partial charge in [-0.2, -0.15) is 0 Å². The summed E-state index contributed by atoms with van der Waals surface area (Å²) >= 11 is 5.79. The van der Waals surface area contributed by atoms with E-state index in [1.54, 1.807) is 24.3 Å². The van der Waals surface area contributed by atoms with Crippen LogP contribution < -0.4 is 10.1 Å². The molecule has 2 aromatic rings. The molecule has 2 rings (SSSR count). The summed E-state index contributed by atoms with van der Waals surface area (Å²) in [5.41, 5.74) is 0.285. The zero-order valence-electron chi connectivity index (χ0n) is 11.8. The Hall–Kier alpha value is -2.14. The van der Waals surface area contributed by atoms with Crippen LogP contribution in [0.15, 0.2) is 36.4 Å². The first-order valence-corrected chi connectivity index (χ1v) is 7.08. The monoisotopic (exact) mass is 325 g/mol. The molecule has 0 unspecified atom stereocenters. The first-order chi connectivity index (χ1) is 10.5. The van der Waals surface area contributed by atoms with E-state index in [9.17, 15) is 13.6 Å². The van der Waals surface area contributed by atoms with Crippen LogP contribution in [0.5, 0.6) is 5.75 Å². The fourth-order valence-electron chi connectivity index (χ4n) is 1.79. The van der Waals surface area contributed by atoms with E-state index in [0.29, 0.717) is 18.0 Å². The van der Waals surface area contributed by atoms with Gasteiger partial charge in [-0.15, -0.1) is 0 Å². The van der Waals surface area contributed by atoms with E-state index in [2.05, 4.69) is 5.32 Å². The van der Waals surface area contributed by atoms with Crippen LogP contribution in [0, 0.1) is 11.6 Å². The maximum absolute atomic E-state index is 13.3. The summed E-state index contributed by atoms with van der Waals surface area (Å²) < 4.78 is 31.8. The van der Waals surface area contributed by atoms with Crippen molar-refractivity contribution in [1.29, 1.82) is 0 Å². The molecule has 1 amide bonds. The van der Waals surface area contributed by atoms with Gasteiger partial charge in [0.25, 0.3) is 5.91 Å². The molecule has 22 heavy (non-hydrogen) atoms. The molecular weight excluding hydrogens is 312 g/mol. The second-order valence-corrected chi connectivity index (χ2v) is 4.95. The Morgan fingerprint density at radius 3 is 2.64 bits per heavy atom. The smallest absolute Gasteiger partial charge is 0.257 e. The van der Waals surface area contributed by atoms with Crippen molar-refractivity contribution in [3.63, 3.8) is 0 Å². The highest BCUT2D eigenvalue weighted by molar-refractivity contribution is 6.34. The molecule has 0 bridgehead atoms. The van der Waals surface area contributed by atoms with Crippen LogP contribution in [0.4, 0.5) is 14.5 Å². The molecule has 0 aliphatic carbocycles. The number of nitrogens with one attached hydrogen (secondary N) is 1. The summed E-state index contributed by atoms with van der Waals surface area (Å²) in [5, 5.41) is 2.42. The normalized spacial score (nSPS) is 10.4. The molecule has 2 aromatic carbocycles. The molecule has 0 aliphatic heterocycles. The number of ether oxygens (including phenoxy) is 1. The van der Waals surface area contributed by atoms with E-state index >= 15 is 0 Å². The molecule has 0 spiro atoms. The Morgan fingerprint density at radius 1 is 1.23 bits per heavy atom. The number of hydrogen-bond donors (Lipinski definition) is 1. The van der Waals surface area contributed by atoms with Gasteiger partial charge in [0.15, 0.2) is 11.6 Å². The number of para-hydroxylation sites is 2. The summed E-state index contributed by atoms with van der Waals surface area (Å²) in [6.45, 7) is 2.46. The SMILES string of the molecule is CCCOc1ccccc1NC(=O)c1cc(F)c(F)cc1Cl. The molecule has 0 fully saturated rings. The first-order valence-electron chi connectivity index (χ1n) is 6.70. The second kappa shape index (κ2) is 7.22. The fraction of sp³-hybridized carbons (Fsp3) is 0.188. The predicted molar refractivity (Wildman–Crippen MR) is 81.5 cm³/mol. The van der Waals surface area contributed by atoms with Crippen molar-refractivity contribution < 1.29 is 18.3 Å². The highest BCUT2D eigenvalue weighted by atomic mass is 35.5. The third-order valence-electron chi connectivity index (χ3n) is 2.85. The molecule has 3 nitrogen and oxygen atoms in total. The molecule has 0 saturated carbocycles. The summed E-state index contributed by atoms with van der Waals surface area (Å²) in [7, 11) is 0. The van der Waals surface area contributed by atoms with Crippen molar-refractivity contribution in [2.45, 2.75) is 13.3 Å². The standard InChI is InChI=1S/C16H14ClF2NO2/c1-2-7-22-15-6-4-3-5-14(15)20-16(21)10-8-12(18)13(19)9-11(10)17/h3-6,8-9H,2,7H2,1H3,(H,20,21). The first kappa shape index (κ1) is 16.2. The lowest BCUT2D eigenvalue weighted by molar-refractivity contribution is 0.102. The van der Waals surface area contributed by atoms with Crippen LogP contribution in [0.1, 0.15) is 23.7 Å². The summed E-state index contributed by atoms with van der Waals surface area (Å²) in [6, 6.07) is 8.38. The van der Waals surface area contributed by atoms with Gasteiger partial charge in [0.2, 0.25) is 0 Å². The summed E-state index contributed by atoms with van der Waals surface area (Å²) in [6.07, 6.45) is 0.817. The van der Waals surface area contributed by atoms with Crippen molar-refractivity contribution in [1.82, 2.24) is 0 Å². The average molecular weight is 326 g/mol. The molecule has 0 heterocycles. The maximum atomic E-state index is 13.3. The van der Waals surface area contributed by atoms with E-state index in [4.69, 9.17) is 16.3 Å². The second-order valence-electron chi connectivity index (χ2n) is 4.54. The molecule has 0 saturated heterocycles. The van der Waals surface area contributed by atoms with Crippen LogP contribution in [0.2, 0.25) is 5.02 Å². The predicted octanol–water partition coefficient (Wildman–Crippen LogP) is 4.66. The van der Waals surface area contributed by atoms with Gasteiger partial charge >= 0.3 is 0 Å². The number of hydrogen-bond acceptors (Lipinski definition) is 2. The molecule has 1 N–H and O–H groups in total. The van der Waals surface area contributed by atoms with Gasteiger partial charge in [0, 0.05) is 0 Å². The Kier molecular flexibility index (Phi) is 5.33. The fourth-order valence-corrected chi connectivity index (χ4v) is 2.03. The molecule has 116 valence electrons. The van der Waals surface area contributed by atoms with Crippen LogP contribution in [0.3, 0.4) is 0 Å². The van der Waals surface area contributed by atoms with Gasteiger partial charge in [-0.1, -0.05) is 30.7 Å². The van der Waals surface area contributed by atoms with Gasteiger partial charge in [-0.3, -0.25) is 4.79 Å². The highest BCUT2D eigenvalue weighted by Gasteiger charge is 2.16. The highest BCUT2D eigenvalue weighted by Crippen LogP contribution is 2.26. The number of amides is 1. The van der Waals surface area contributed by atoms with E-state index in [1.807, 2.05) is 6.92 Å². The lowest BCUT2D eigenvalue weighted by Gasteiger charge is -2.12. The van der Waals surface area contributed by atoms with Crippen molar-refractivity contribution in [3.05, 3.63) is 58.6 Å². The number of benzene rings is 2. The van der Waals surface area contributed by atoms with Crippen molar-refractivity contribution in [2.75, 3.05) is 11.9 Å². The van der Waals surface area contributed by atoms with Gasteiger partial charge in [-0.25, -0.2) is 8.78 Å². The minimum atomic E-state index is -1.13. The van der Waals surface area contributed by atoms with Crippen LogP contribution in [-0.2, 0) is 0 Å². The Morgan fingerprint density at radius 2 is 1.91 bits per heavy atom. The van der Waals surface area contributed by atoms with E-state index in [1.165, 1.54) is 0 Å². The zero-order valence-corrected chi connectivity index (χ0v) is 12.6. The van der Waals surface area contributed by atoms with Gasteiger partial charge in [0.1, 0.15) is 5.75 Å². The molecule has 0 aliphatic rings. The average Bonchev–Trinajstić information content (AvgIpc) is 2.50. The van der Waals surface area contributed by atoms with E-state index in [-0.39, 0.29) is 10.6 Å². The molecule has 0 aromatic heterocycles. The largest absolute Gasteiger partial charge is 0.491 e. The summed E-state index contributed by atoms with van der Waals surface area (Å²) in [4.78, 5) is 12.2. The third-order valence-corrected chi connectivity index (χ3v) is 3.16. The van der Waals surface area contributed by atoms with Gasteiger partial charge < -0.3 is 10.1 Å². The van der Waals surface area contributed by atoms with E-state index in [0.717, 1.165) is 18.6 Å².